The average molecular weight is 445 g/mol. The SMILES string of the molecule is CCc1c(C)sc(NC(=O)[C@H]2CCCC[C@@H]2C(=O)O)c1C(=O)Nc1ccccc1OC. The number of thiophene rings is 1. The first-order chi connectivity index (χ1) is 14.9. The van der Waals surface area contributed by atoms with Crippen LogP contribution in [0.2, 0.25) is 0 Å². The molecule has 3 N–H and O–H groups in total. The Hall–Kier alpha value is -2.87. The number of rotatable bonds is 7. The number of methoxy groups -OCH3 is 1. The van der Waals surface area contributed by atoms with Gasteiger partial charge >= 0.3 is 5.97 Å². The van der Waals surface area contributed by atoms with E-state index in [0.29, 0.717) is 41.3 Å². The summed E-state index contributed by atoms with van der Waals surface area (Å²) in [5.41, 5.74) is 1.83. The molecule has 2 amide bonds. The Morgan fingerprint density at radius 1 is 1.13 bits per heavy atom. The van der Waals surface area contributed by atoms with Gasteiger partial charge in [-0.25, -0.2) is 0 Å². The number of hydrogen-bond acceptors (Lipinski definition) is 5. The van der Waals surface area contributed by atoms with Gasteiger partial charge < -0.3 is 20.5 Å². The van der Waals surface area contributed by atoms with Crippen LogP contribution in [0.3, 0.4) is 0 Å². The highest BCUT2D eigenvalue weighted by Crippen LogP contribution is 2.37. The number of anilines is 2. The maximum atomic E-state index is 13.2. The summed E-state index contributed by atoms with van der Waals surface area (Å²) in [5, 5.41) is 15.7. The van der Waals surface area contributed by atoms with E-state index in [-0.39, 0.29) is 11.8 Å². The second kappa shape index (κ2) is 9.96. The summed E-state index contributed by atoms with van der Waals surface area (Å²) >= 11 is 1.34. The average Bonchev–Trinajstić information content (AvgIpc) is 3.08. The largest absolute Gasteiger partial charge is 0.495 e. The fourth-order valence-electron chi connectivity index (χ4n) is 4.21. The van der Waals surface area contributed by atoms with Crippen LogP contribution in [0.4, 0.5) is 10.7 Å². The fraction of sp³-hybridized carbons (Fsp3) is 0.435. The molecule has 166 valence electrons. The minimum atomic E-state index is -0.939. The van der Waals surface area contributed by atoms with Crippen molar-refractivity contribution >= 4 is 39.8 Å². The molecule has 1 saturated carbocycles. The minimum absolute atomic E-state index is 0.331. The summed E-state index contributed by atoms with van der Waals surface area (Å²) in [5.74, 6) is -2.35. The highest BCUT2D eigenvalue weighted by atomic mass is 32.1. The molecule has 0 aliphatic heterocycles. The lowest BCUT2D eigenvalue weighted by Crippen LogP contribution is -2.36. The zero-order chi connectivity index (χ0) is 22.5. The Balaban J connectivity index is 1.89. The Morgan fingerprint density at radius 2 is 1.81 bits per heavy atom. The lowest BCUT2D eigenvalue weighted by molar-refractivity contribution is -0.147. The van der Waals surface area contributed by atoms with Gasteiger partial charge in [0.1, 0.15) is 10.8 Å². The molecule has 0 spiro atoms. The van der Waals surface area contributed by atoms with Gasteiger partial charge in [0, 0.05) is 4.88 Å². The number of nitrogens with one attached hydrogen (secondary N) is 2. The van der Waals surface area contributed by atoms with E-state index < -0.39 is 17.8 Å². The summed E-state index contributed by atoms with van der Waals surface area (Å²) < 4.78 is 5.31. The van der Waals surface area contributed by atoms with Crippen molar-refractivity contribution in [2.75, 3.05) is 17.7 Å². The first-order valence-electron chi connectivity index (χ1n) is 10.5. The monoisotopic (exact) mass is 444 g/mol. The molecule has 8 heteroatoms. The number of carbonyl (C=O) groups excluding carboxylic acids is 2. The van der Waals surface area contributed by atoms with E-state index >= 15 is 0 Å². The summed E-state index contributed by atoms with van der Waals surface area (Å²) in [6.07, 6.45) is 3.31. The number of aryl methyl sites for hydroxylation is 1. The molecule has 7 nitrogen and oxygen atoms in total. The molecule has 1 aliphatic carbocycles. The molecule has 1 aliphatic rings. The Morgan fingerprint density at radius 3 is 2.45 bits per heavy atom. The van der Waals surface area contributed by atoms with Crippen LogP contribution in [0.5, 0.6) is 5.75 Å². The number of benzene rings is 1. The number of aliphatic carboxylic acids is 1. The third-order valence-corrected chi connectivity index (χ3v) is 6.86. The molecule has 0 saturated heterocycles. The third-order valence-electron chi connectivity index (χ3n) is 5.80. The van der Waals surface area contributed by atoms with E-state index in [2.05, 4.69) is 10.6 Å². The number of ether oxygens (including phenoxy) is 1. The highest BCUT2D eigenvalue weighted by molar-refractivity contribution is 7.16. The van der Waals surface area contributed by atoms with Crippen molar-refractivity contribution < 1.29 is 24.2 Å². The van der Waals surface area contributed by atoms with Crippen molar-refractivity contribution in [2.45, 2.75) is 46.0 Å². The van der Waals surface area contributed by atoms with Gasteiger partial charge in [0.05, 0.1) is 30.2 Å². The topological polar surface area (TPSA) is 105 Å². The molecule has 1 aromatic carbocycles. The molecule has 1 fully saturated rings. The smallest absolute Gasteiger partial charge is 0.307 e. The van der Waals surface area contributed by atoms with Crippen LogP contribution in [-0.4, -0.2) is 30.0 Å². The van der Waals surface area contributed by atoms with Crippen LogP contribution in [0, 0.1) is 18.8 Å². The van der Waals surface area contributed by atoms with Gasteiger partial charge in [-0.15, -0.1) is 11.3 Å². The fourth-order valence-corrected chi connectivity index (χ4v) is 5.36. The van der Waals surface area contributed by atoms with E-state index in [1.54, 1.807) is 18.2 Å². The lowest BCUT2D eigenvalue weighted by atomic mass is 9.79. The first kappa shape index (κ1) is 22.8. The van der Waals surface area contributed by atoms with Gasteiger partial charge in [-0.2, -0.15) is 0 Å². The second-order valence-electron chi connectivity index (χ2n) is 7.67. The Bertz CT molecular complexity index is 984. The quantitative estimate of drug-likeness (QED) is 0.574. The van der Waals surface area contributed by atoms with Gasteiger partial charge in [0.2, 0.25) is 5.91 Å². The van der Waals surface area contributed by atoms with Crippen LogP contribution < -0.4 is 15.4 Å². The molecule has 0 unspecified atom stereocenters. The van der Waals surface area contributed by atoms with Crippen LogP contribution in [-0.2, 0) is 16.0 Å². The van der Waals surface area contributed by atoms with Crippen molar-refractivity contribution in [3.05, 3.63) is 40.3 Å². The zero-order valence-electron chi connectivity index (χ0n) is 18.0. The summed E-state index contributed by atoms with van der Waals surface area (Å²) in [6, 6.07) is 7.12. The molecular formula is C23H28N2O5S. The first-order valence-corrected chi connectivity index (χ1v) is 11.3. The van der Waals surface area contributed by atoms with Gasteiger partial charge in [-0.05, 0) is 43.9 Å². The molecule has 2 atom stereocenters. The number of hydrogen-bond donors (Lipinski definition) is 3. The highest BCUT2D eigenvalue weighted by Gasteiger charge is 2.36. The van der Waals surface area contributed by atoms with E-state index in [4.69, 9.17) is 4.74 Å². The maximum absolute atomic E-state index is 13.2. The standard InChI is InChI=1S/C23H28N2O5S/c1-4-14-13(2)31-22(25-20(26)15-9-5-6-10-16(15)23(28)29)19(14)21(27)24-17-11-7-8-12-18(17)30-3/h7-8,11-12,15-16H,4-6,9-10H2,1-3H3,(H,24,27)(H,25,26)(H,28,29)/t15-,16-/m0/s1. The summed E-state index contributed by atoms with van der Waals surface area (Å²) in [6.45, 7) is 3.88. The van der Waals surface area contributed by atoms with Crippen molar-refractivity contribution in [3.8, 4) is 5.75 Å². The Kier molecular flexibility index (Phi) is 7.33. The predicted octanol–water partition coefficient (Wildman–Crippen LogP) is 4.71. The molecule has 0 radical (unpaired) electrons. The van der Waals surface area contributed by atoms with Crippen LogP contribution >= 0.6 is 11.3 Å². The third kappa shape index (κ3) is 4.90. The minimum Gasteiger partial charge on any atom is -0.495 e. The van der Waals surface area contributed by atoms with Gasteiger partial charge in [0.15, 0.2) is 0 Å². The molecule has 3 rings (SSSR count). The van der Waals surface area contributed by atoms with E-state index in [1.165, 1.54) is 18.4 Å². The van der Waals surface area contributed by atoms with Crippen molar-refractivity contribution in [1.82, 2.24) is 0 Å². The predicted molar refractivity (Wildman–Crippen MR) is 121 cm³/mol. The molecule has 2 aromatic rings. The van der Waals surface area contributed by atoms with Crippen molar-refractivity contribution in [1.29, 1.82) is 0 Å². The van der Waals surface area contributed by atoms with Crippen molar-refractivity contribution in [3.63, 3.8) is 0 Å². The summed E-state index contributed by atoms with van der Waals surface area (Å²) in [4.78, 5) is 38.8. The maximum Gasteiger partial charge on any atom is 0.307 e. The van der Waals surface area contributed by atoms with Crippen LogP contribution in [0.25, 0.3) is 0 Å². The van der Waals surface area contributed by atoms with Gasteiger partial charge in [-0.1, -0.05) is 31.9 Å². The Labute approximate surface area is 185 Å². The van der Waals surface area contributed by atoms with E-state index in [0.717, 1.165) is 23.3 Å². The number of para-hydroxylation sites is 2. The van der Waals surface area contributed by atoms with Crippen LogP contribution in [0.15, 0.2) is 24.3 Å². The van der Waals surface area contributed by atoms with E-state index in [1.807, 2.05) is 19.9 Å². The second-order valence-corrected chi connectivity index (χ2v) is 8.90. The summed E-state index contributed by atoms with van der Waals surface area (Å²) in [7, 11) is 1.53. The molecule has 0 bridgehead atoms. The van der Waals surface area contributed by atoms with E-state index in [9.17, 15) is 19.5 Å². The number of carbonyl (C=O) groups is 3. The van der Waals surface area contributed by atoms with Crippen molar-refractivity contribution in [2.24, 2.45) is 11.8 Å². The van der Waals surface area contributed by atoms with Gasteiger partial charge in [-0.3, -0.25) is 14.4 Å². The molecule has 1 aromatic heterocycles. The molecular weight excluding hydrogens is 416 g/mol. The molecule has 31 heavy (non-hydrogen) atoms. The van der Waals surface area contributed by atoms with Gasteiger partial charge in [0.25, 0.3) is 5.91 Å². The number of carboxylic acids is 1. The normalized spacial score (nSPS) is 18.3. The number of carboxylic acid groups (broad SMARTS) is 1. The van der Waals surface area contributed by atoms with Crippen LogP contribution in [0.1, 0.15) is 53.4 Å². The number of amides is 2. The molecule has 1 heterocycles. The lowest BCUT2D eigenvalue weighted by Gasteiger charge is -2.27. The zero-order valence-corrected chi connectivity index (χ0v) is 18.8.